The summed E-state index contributed by atoms with van der Waals surface area (Å²) in [7, 11) is 1.72. The van der Waals surface area contributed by atoms with Crippen LogP contribution in [0.4, 0.5) is 4.39 Å². The molecule has 1 fully saturated rings. The Bertz CT molecular complexity index is 936. The summed E-state index contributed by atoms with van der Waals surface area (Å²) in [5, 5.41) is 6.52. The summed E-state index contributed by atoms with van der Waals surface area (Å²) < 4.78 is 13.7. The molecule has 0 aliphatic carbocycles. The van der Waals surface area contributed by atoms with E-state index in [9.17, 15) is 9.18 Å². The molecule has 1 atom stereocenters. The molecule has 1 saturated heterocycles. The van der Waals surface area contributed by atoms with E-state index in [2.05, 4.69) is 38.7 Å². The maximum Gasteiger partial charge on any atom is 0.221 e. The predicted molar refractivity (Wildman–Crippen MR) is 137 cm³/mol. The molecule has 0 aromatic heterocycles. The number of primary amides is 1. The van der Waals surface area contributed by atoms with Gasteiger partial charge < -0.3 is 16.4 Å². The minimum atomic E-state index is -0.199. The zero-order valence-corrected chi connectivity index (χ0v) is 21.1. The Kier molecular flexibility index (Phi) is 10.4. The number of halogens is 2. The molecular formula is C24H33FIN5O. The Morgan fingerprint density at radius 1 is 1.16 bits per heavy atom. The molecule has 2 aromatic carbocycles. The minimum Gasteiger partial charge on any atom is -0.369 e. The first-order chi connectivity index (χ1) is 14.9. The standard InChI is InChI=1S/C24H32FN5O.HI/c1-17-8-9-19(12-22(17)25)14-29-24(27-2)28-13-18-5-3-6-20(11-18)15-30-10-4-7-21(16-30)23(26)31;/h3,5-6,8-9,11-12,21H,4,7,10,13-16H2,1-2H3,(H2,26,31)(H2,27,28,29);1H. The van der Waals surface area contributed by atoms with Gasteiger partial charge in [0, 0.05) is 33.2 Å². The van der Waals surface area contributed by atoms with Gasteiger partial charge in [0.15, 0.2) is 5.96 Å². The average molecular weight is 553 g/mol. The lowest BCUT2D eigenvalue weighted by Gasteiger charge is -2.31. The van der Waals surface area contributed by atoms with Crippen LogP contribution in [0.15, 0.2) is 47.5 Å². The number of aryl methyl sites for hydroxylation is 1. The Morgan fingerprint density at radius 2 is 1.84 bits per heavy atom. The molecular weight excluding hydrogens is 520 g/mol. The third-order valence-corrected chi connectivity index (χ3v) is 5.69. The summed E-state index contributed by atoms with van der Waals surface area (Å²) >= 11 is 0. The lowest BCUT2D eigenvalue weighted by molar-refractivity contribution is -0.123. The number of nitrogens with one attached hydrogen (secondary N) is 2. The maximum atomic E-state index is 13.7. The largest absolute Gasteiger partial charge is 0.369 e. The van der Waals surface area contributed by atoms with Crippen LogP contribution in [0.25, 0.3) is 0 Å². The monoisotopic (exact) mass is 553 g/mol. The number of aliphatic imine (C=N–C) groups is 1. The summed E-state index contributed by atoms with van der Waals surface area (Å²) in [6.45, 7) is 5.40. The molecule has 4 N–H and O–H groups in total. The molecule has 2 aromatic rings. The third kappa shape index (κ3) is 7.74. The quantitative estimate of drug-likeness (QED) is 0.279. The summed E-state index contributed by atoms with van der Waals surface area (Å²) in [6.07, 6.45) is 1.89. The fourth-order valence-corrected chi connectivity index (χ4v) is 3.87. The van der Waals surface area contributed by atoms with E-state index < -0.39 is 0 Å². The van der Waals surface area contributed by atoms with Gasteiger partial charge in [-0.15, -0.1) is 24.0 Å². The van der Waals surface area contributed by atoms with Crippen LogP contribution < -0.4 is 16.4 Å². The molecule has 8 heteroatoms. The zero-order valence-electron chi connectivity index (χ0n) is 18.7. The topological polar surface area (TPSA) is 82.8 Å². The van der Waals surface area contributed by atoms with Gasteiger partial charge in [0.1, 0.15) is 5.82 Å². The normalized spacial score (nSPS) is 16.8. The van der Waals surface area contributed by atoms with Gasteiger partial charge in [-0.05, 0) is 54.6 Å². The van der Waals surface area contributed by atoms with Crippen molar-refractivity contribution in [1.29, 1.82) is 0 Å². The number of hydrogen-bond donors (Lipinski definition) is 3. The van der Waals surface area contributed by atoms with E-state index in [0.717, 1.165) is 43.6 Å². The van der Waals surface area contributed by atoms with Crippen LogP contribution in [-0.4, -0.2) is 36.9 Å². The summed E-state index contributed by atoms with van der Waals surface area (Å²) in [5.74, 6) is 0.214. The highest BCUT2D eigenvalue weighted by molar-refractivity contribution is 14.0. The van der Waals surface area contributed by atoms with Crippen LogP contribution in [0.1, 0.15) is 35.1 Å². The Hall–Kier alpha value is -2.20. The van der Waals surface area contributed by atoms with E-state index in [1.807, 2.05) is 12.1 Å². The van der Waals surface area contributed by atoms with Crippen molar-refractivity contribution in [2.24, 2.45) is 16.6 Å². The number of benzene rings is 2. The van der Waals surface area contributed by atoms with Gasteiger partial charge in [0.2, 0.25) is 5.91 Å². The van der Waals surface area contributed by atoms with Crippen molar-refractivity contribution in [3.8, 4) is 0 Å². The molecule has 0 radical (unpaired) electrons. The summed E-state index contributed by atoms with van der Waals surface area (Å²) in [6, 6.07) is 13.6. The fourth-order valence-electron chi connectivity index (χ4n) is 3.87. The molecule has 1 amide bonds. The minimum absolute atomic E-state index is 0. The number of piperidine rings is 1. The number of hydrogen-bond acceptors (Lipinski definition) is 3. The van der Waals surface area contributed by atoms with Gasteiger partial charge in [-0.2, -0.15) is 0 Å². The number of nitrogens with two attached hydrogens (primary N) is 1. The molecule has 6 nitrogen and oxygen atoms in total. The number of amides is 1. The Morgan fingerprint density at radius 3 is 2.50 bits per heavy atom. The van der Waals surface area contributed by atoms with Crippen molar-refractivity contribution >= 4 is 35.8 Å². The highest BCUT2D eigenvalue weighted by Gasteiger charge is 2.23. The van der Waals surface area contributed by atoms with Crippen molar-refractivity contribution in [2.75, 3.05) is 20.1 Å². The first kappa shape index (κ1) is 26.1. The lowest BCUT2D eigenvalue weighted by atomic mass is 9.97. The smallest absolute Gasteiger partial charge is 0.221 e. The molecule has 1 aliphatic rings. The SMILES string of the molecule is CN=C(NCc1cccc(CN2CCCC(C(N)=O)C2)c1)NCc1ccc(C)c(F)c1.I. The highest BCUT2D eigenvalue weighted by atomic mass is 127. The zero-order chi connectivity index (χ0) is 22.2. The number of carbonyl (C=O) groups is 1. The van der Waals surface area contributed by atoms with Crippen molar-refractivity contribution in [1.82, 2.24) is 15.5 Å². The molecule has 0 bridgehead atoms. The second-order valence-corrected chi connectivity index (χ2v) is 8.16. The van der Waals surface area contributed by atoms with Crippen molar-refractivity contribution < 1.29 is 9.18 Å². The van der Waals surface area contributed by atoms with E-state index in [1.165, 1.54) is 5.56 Å². The Labute approximate surface area is 206 Å². The summed E-state index contributed by atoms with van der Waals surface area (Å²) in [5.41, 5.74) is 9.35. The predicted octanol–water partition coefficient (Wildman–Crippen LogP) is 3.31. The Balaban J connectivity index is 0.00000363. The molecule has 1 heterocycles. The van der Waals surface area contributed by atoms with Gasteiger partial charge in [-0.1, -0.05) is 36.4 Å². The number of rotatable bonds is 7. The van der Waals surface area contributed by atoms with Crippen molar-refractivity contribution in [3.05, 3.63) is 70.5 Å². The van der Waals surface area contributed by atoms with E-state index in [1.54, 1.807) is 26.1 Å². The van der Waals surface area contributed by atoms with E-state index >= 15 is 0 Å². The maximum absolute atomic E-state index is 13.7. The number of likely N-dealkylation sites (tertiary alicyclic amines) is 1. The van der Waals surface area contributed by atoms with Gasteiger partial charge in [0.05, 0.1) is 5.92 Å². The van der Waals surface area contributed by atoms with Crippen LogP contribution in [-0.2, 0) is 24.4 Å². The summed E-state index contributed by atoms with van der Waals surface area (Å²) in [4.78, 5) is 18.1. The highest BCUT2D eigenvalue weighted by Crippen LogP contribution is 2.18. The molecule has 174 valence electrons. The van der Waals surface area contributed by atoms with Crippen molar-refractivity contribution in [2.45, 2.75) is 39.4 Å². The molecule has 0 saturated carbocycles. The molecule has 1 unspecified atom stereocenters. The second-order valence-electron chi connectivity index (χ2n) is 8.16. The van der Waals surface area contributed by atoms with Crippen LogP contribution in [0.5, 0.6) is 0 Å². The molecule has 0 spiro atoms. The van der Waals surface area contributed by atoms with E-state index in [0.29, 0.717) is 24.6 Å². The lowest BCUT2D eigenvalue weighted by Crippen LogP contribution is -2.40. The van der Waals surface area contributed by atoms with Crippen molar-refractivity contribution in [3.63, 3.8) is 0 Å². The van der Waals surface area contributed by atoms with Gasteiger partial charge >= 0.3 is 0 Å². The molecule has 3 rings (SSSR count). The number of nitrogens with zero attached hydrogens (tertiary/aromatic N) is 2. The fraction of sp³-hybridized carbons (Fsp3) is 0.417. The number of carbonyl (C=O) groups excluding carboxylic acids is 1. The van der Waals surface area contributed by atoms with E-state index in [4.69, 9.17) is 5.73 Å². The second kappa shape index (κ2) is 12.7. The van der Waals surface area contributed by atoms with Crippen LogP contribution in [0, 0.1) is 18.7 Å². The van der Waals surface area contributed by atoms with Gasteiger partial charge in [0.25, 0.3) is 0 Å². The third-order valence-electron chi connectivity index (χ3n) is 5.69. The van der Waals surface area contributed by atoms with Gasteiger partial charge in [-0.25, -0.2) is 4.39 Å². The van der Waals surface area contributed by atoms with Crippen LogP contribution in [0.3, 0.4) is 0 Å². The van der Waals surface area contributed by atoms with Crippen LogP contribution in [0.2, 0.25) is 0 Å². The molecule has 1 aliphatic heterocycles. The van der Waals surface area contributed by atoms with Gasteiger partial charge in [-0.3, -0.25) is 14.7 Å². The molecule has 32 heavy (non-hydrogen) atoms. The van der Waals surface area contributed by atoms with Crippen LogP contribution >= 0.6 is 24.0 Å². The average Bonchev–Trinajstić information content (AvgIpc) is 2.76. The first-order valence-corrected chi connectivity index (χ1v) is 10.7. The number of guanidine groups is 1. The first-order valence-electron chi connectivity index (χ1n) is 10.7. The van der Waals surface area contributed by atoms with E-state index in [-0.39, 0.29) is 41.6 Å².